The zero-order valence-corrected chi connectivity index (χ0v) is 20.4. The Morgan fingerprint density at radius 1 is 0.882 bits per heavy atom. The molecule has 0 aliphatic carbocycles. The number of pyridine rings is 3. The largest absolute Gasteiger partial charge is 0.325 e. The lowest BCUT2D eigenvalue weighted by Gasteiger charge is -2.26. The first kappa shape index (κ1) is 25.3. The van der Waals surface area contributed by atoms with E-state index in [-0.39, 0.29) is 0 Å². The lowest BCUT2D eigenvalue weighted by atomic mass is 9.79. The molecule has 0 saturated heterocycles. The normalized spacial score (nSPS) is 13.6. The van der Waals surface area contributed by atoms with E-state index in [0.29, 0.717) is 37.4 Å². The molecule has 0 spiro atoms. The molecule has 0 amide bonds. The maximum absolute atomic E-state index is 8.48. The molecule has 34 heavy (non-hydrogen) atoms. The molecule has 0 radical (unpaired) electrons. The minimum Gasteiger partial charge on any atom is -0.325 e. The van der Waals surface area contributed by atoms with E-state index in [9.17, 15) is 0 Å². The third-order valence-corrected chi connectivity index (χ3v) is 6.66. The molecule has 178 valence electrons. The summed E-state index contributed by atoms with van der Waals surface area (Å²) in [6.07, 6.45) is 15.5. The van der Waals surface area contributed by atoms with Gasteiger partial charge in [-0.25, -0.2) is 9.13 Å². The van der Waals surface area contributed by atoms with Crippen molar-refractivity contribution in [3.63, 3.8) is 0 Å². The summed E-state index contributed by atoms with van der Waals surface area (Å²) in [5.41, 5.74) is 18.2. The van der Waals surface area contributed by atoms with Gasteiger partial charge in [0.05, 0.1) is 13.1 Å². The number of hydrogen-bond acceptors (Lipinski definition) is 3. The van der Waals surface area contributed by atoms with Crippen molar-refractivity contribution >= 4 is 0 Å². The topological polar surface area (TPSA) is 95.4 Å². The summed E-state index contributed by atoms with van der Waals surface area (Å²) in [5, 5.41) is 3.63. The third kappa shape index (κ3) is 7.37. The molecule has 0 aliphatic heterocycles. The van der Waals surface area contributed by atoms with Crippen LogP contribution in [0.2, 0.25) is 0 Å². The average molecular weight is 460 g/mol. The fraction of sp³-hybridized carbons (Fsp3) is 0.444. The number of aromatic nitrogens is 3. The molecule has 3 aromatic rings. The molecular formula is C27H37N7+2. The van der Waals surface area contributed by atoms with Gasteiger partial charge in [-0.15, -0.1) is 0 Å². The highest BCUT2D eigenvalue weighted by Crippen LogP contribution is 2.38. The van der Waals surface area contributed by atoms with Gasteiger partial charge in [-0.2, -0.15) is 0 Å². The molecule has 3 heterocycles. The fourth-order valence-electron chi connectivity index (χ4n) is 4.64. The predicted octanol–water partition coefficient (Wildman–Crippen LogP) is 4.79. The molecule has 7 nitrogen and oxygen atoms in total. The predicted molar refractivity (Wildman–Crippen MR) is 134 cm³/mol. The van der Waals surface area contributed by atoms with Crippen LogP contribution >= 0.6 is 0 Å². The molecule has 3 unspecified atom stereocenters. The van der Waals surface area contributed by atoms with Crippen LogP contribution in [0.25, 0.3) is 10.4 Å². The Bertz CT molecular complexity index is 1030. The summed E-state index contributed by atoms with van der Waals surface area (Å²) in [6, 6.07) is 13.2. The number of hydrogen-bond donors (Lipinski definition) is 1. The van der Waals surface area contributed by atoms with Gasteiger partial charge in [0.1, 0.15) is 0 Å². The van der Waals surface area contributed by atoms with Gasteiger partial charge in [0, 0.05) is 41.6 Å². The molecule has 0 saturated carbocycles. The summed E-state index contributed by atoms with van der Waals surface area (Å²) in [5.74, 6) is 1.36. The first-order chi connectivity index (χ1) is 16.6. The molecule has 3 atom stereocenters. The smallest absolute Gasteiger partial charge is 0.169 e. The Labute approximate surface area is 202 Å². The summed E-state index contributed by atoms with van der Waals surface area (Å²) in [4.78, 5) is 7.07. The van der Waals surface area contributed by atoms with Crippen LogP contribution in [0, 0.1) is 0 Å². The van der Waals surface area contributed by atoms with Crippen molar-refractivity contribution in [1.82, 2.24) is 4.98 Å². The molecule has 0 aliphatic rings. The van der Waals surface area contributed by atoms with Crippen LogP contribution in [-0.4, -0.2) is 18.1 Å². The Morgan fingerprint density at radius 2 is 1.47 bits per heavy atom. The van der Waals surface area contributed by atoms with E-state index >= 15 is 0 Å². The summed E-state index contributed by atoms with van der Waals surface area (Å²) in [7, 11) is 0. The Morgan fingerprint density at radius 3 is 2.06 bits per heavy atom. The van der Waals surface area contributed by atoms with Gasteiger partial charge in [-0.3, -0.25) is 4.98 Å². The van der Waals surface area contributed by atoms with Gasteiger partial charge < -0.3 is 5.73 Å². The fourth-order valence-corrected chi connectivity index (χ4v) is 4.64. The van der Waals surface area contributed by atoms with Crippen LogP contribution in [-0.2, 0) is 13.1 Å². The third-order valence-electron chi connectivity index (χ3n) is 6.66. The van der Waals surface area contributed by atoms with Crippen LogP contribution in [0.15, 0.2) is 78.7 Å². The van der Waals surface area contributed by atoms with Gasteiger partial charge in [0.2, 0.25) is 0 Å². The van der Waals surface area contributed by atoms with Crippen LogP contribution in [0.5, 0.6) is 0 Å². The second kappa shape index (κ2) is 13.4. The lowest BCUT2D eigenvalue weighted by molar-refractivity contribution is -0.694. The lowest BCUT2D eigenvalue weighted by Crippen LogP contribution is -2.36. The highest BCUT2D eigenvalue weighted by molar-refractivity contribution is 5.22. The molecule has 2 N–H and O–H groups in total. The molecule has 7 heteroatoms. The van der Waals surface area contributed by atoms with E-state index in [1.165, 1.54) is 16.7 Å². The Balaban J connectivity index is 1.75. The standard InChI is InChI=1S/C27H37N7/c1-3-23(26-8-16-34(17-9-26)19-13-31-32-29)21-27(25-4-11-30-12-5-25)20-22(2)24-6-14-33(15-7-24)18-10-28/h4-9,11-12,14-17,22-23,27H,3,10,13,18-21,28H2,1-2H3/q+2. The van der Waals surface area contributed by atoms with Crippen molar-refractivity contribution in [2.45, 2.75) is 64.0 Å². The quantitative estimate of drug-likeness (QED) is 0.172. The van der Waals surface area contributed by atoms with Crippen molar-refractivity contribution < 1.29 is 9.13 Å². The first-order valence-electron chi connectivity index (χ1n) is 12.2. The van der Waals surface area contributed by atoms with Crippen LogP contribution in [0.3, 0.4) is 0 Å². The zero-order valence-electron chi connectivity index (χ0n) is 20.4. The summed E-state index contributed by atoms with van der Waals surface area (Å²) < 4.78 is 4.21. The second-order valence-electron chi connectivity index (χ2n) is 8.94. The maximum Gasteiger partial charge on any atom is 0.169 e. The van der Waals surface area contributed by atoms with Crippen molar-refractivity contribution in [2.75, 3.05) is 13.1 Å². The minimum absolute atomic E-state index is 0.441. The first-order valence-corrected chi connectivity index (χ1v) is 12.2. The summed E-state index contributed by atoms with van der Waals surface area (Å²) >= 11 is 0. The zero-order chi connectivity index (χ0) is 24.2. The van der Waals surface area contributed by atoms with Crippen LogP contribution in [0.4, 0.5) is 0 Å². The minimum atomic E-state index is 0.441. The number of rotatable bonds is 13. The molecule has 0 bridgehead atoms. The van der Waals surface area contributed by atoms with E-state index < -0.39 is 0 Å². The number of nitrogens with zero attached hydrogens (tertiary/aromatic N) is 6. The van der Waals surface area contributed by atoms with E-state index in [2.05, 4.69) is 99.2 Å². The van der Waals surface area contributed by atoms with E-state index in [4.69, 9.17) is 11.3 Å². The van der Waals surface area contributed by atoms with Gasteiger partial charge in [-0.05, 0) is 71.4 Å². The number of azide groups is 1. The average Bonchev–Trinajstić information content (AvgIpc) is 2.88. The van der Waals surface area contributed by atoms with Crippen molar-refractivity contribution in [3.05, 3.63) is 101 Å². The van der Waals surface area contributed by atoms with E-state index in [1.54, 1.807) is 0 Å². The van der Waals surface area contributed by atoms with E-state index in [1.807, 2.05) is 12.4 Å². The Hall–Kier alpha value is -3.28. The SMILES string of the molecule is CCC(CC(CC(C)c1cc[n+](CCN)cc1)c1ccncc1)c1cc[n+](CCN=[N+]=[N-])cc1. The number of nitrogens with two attached hydrogens (primary N) is 1. The van der Waals surface area contributed by atoms with Gasteiger partial charge >= 0.3 is 0 Å². The maximum atomic E-state index is 8.48. The molecular weight excluding hydrogens is 422 g/mol. The molecule has 3 rings (SSSR count). The summed E-state index contributed by atoms with van der Waals surface area (Å²) in [6.45, 7) is 7.25. The van der Waals surface area contributed by atoms with Gasteiger partial charge in [-0.1, -0.05) is 19.0 Å². The highest BCUT2D eigenvalue weighted by atomic mass is 15.1. The molecule has 0 aromatic carbocycles. The van der Waals surface area contributed by atoms with Crippen molar-refractivity contribution in [2.24, 2.45) is 10.8 Å². The van der Waals surface area contributed by atoms with Gasteiger partial charge in [0.15, 0.2) is 37.9 Å². The van der Waals surface area contributed by atoms with E-state index in [0.717, 1.165) is 25.8 Å². The second-order valence-corrected chi connectivity index (χ2v) is 8.94. The molecule has 0 fully saturated rings. The highest BCUT2D eigenvalue weighted by Gasteiger charge is 2.22. The van der Waals surface area contributed by atoms with Crippen molar-refractivity contribution in [3.8, 4) is 0 Å². The van der Waals surface area contributed by atoms with Crippen LogP contribution in [0.1, 0.15) is 67.6 Å². The van der Waals surface area contributed by atoms with Gasteiger partial charge in [0.25, 0.3) is 0 Å². The Kier molecular flexibility index (Phi) is 10.0. The van der Waals surface area contributed by atoms with Crippen LogP contribution < -0.4 is 14.9 Å². The molecule has 3 aromatic heterocycles. The monoisotopic (exact) mass is 459 g/mol. The van der Waals surface area contributed by atoms with Crippen molar-refractivity contribution in [1.29, 1.82) is 0 Å².